The summed E-state index contributed by atoms with van der Waals surface area (Å²) in [7, 11) is 3.55. The SMILES string of the molecule is CCNC(=NCc1ccc(Cl)cc1OC)NCc1ccnn1C.I. The minimum absolute atomic E-state index is 0. The van der Waals surface area contributed by atoms with Crippen LogP contribution in [-0.2, 0) is 20.1 Å². The van der Waals surface area contributed by atoms with Crippen LogP contribution in [0.3, 0.4) is 0 Å². The number of nitrogens with one attached hydrogen (secondary N) is 2. The van der Waals surface area contributed by atoms with Crippen molar-refractivity contribution >= 4 is 41.5 Å². The molecule has 0 unspecified atom stereocenters. The topological polar surface area (TPSA) is 63.5 Å². The first kappa shape index (κ1) is 20.6. The quantitative estimate of drug-likeness (QED) is 0.393. The Kier molecular flexibility index (Phi) is 8.91. The van der Waals surface area contributed by atoms with Crippen LogP contribution in [0.1, 0.15) is 18.2 Å². The monoisotopic (exact) mass is 463 g/mol. The van der Waals surface area contributed by atoms with Crippen LogP contribution in [0.2, 0.25) is 5.02 Å². The summed E-state index contributed by atoms with van der Waals surface area (Å²) in [5.41, 5.74) is 2.06. The molecule has 1 aromatic carbocycles. The Morgan fingerprint density at radius 2 is 2.12 bits per heavy atom. The third kappa shape index (κ3) is 5.86. The number of aliphatic imine (C=N–C) groups is 1. The molecular weight excluding hydrogens is 441 g/mol. The molecular formula is C16H23ClIN5O. The van der Waals surface area contributed by atoms with Crippen LogP contribution in [0.4, 0.5) is 0 Å². The molecule has 0 aliphatic carbocycles. The van der Waals surface area contributed by atoms with Crippen molar-refractivity contribution in [3.05, 3.63) is 46.7 Å². The summed E-state index contributed by atoms with van der Waals surface area (Å²) >= 11 is 5.98. The van der Waals surface area contributed by atoms with Gasteiger partial charge in [0.1, 0.15) is 5.75 Å². The molecule has 2 aromatic rings. The van der Waals surface area contributed by atoms with Crippen LogP contribution in [0, 0.1) is 0 Å². The fourth-order valence-electron chi connectivity index (χ4n) is 2.10. The summed E-state index contributed by atoms with van der Waals surface area (Å²) in [5.74, 6) is 1.48. The van der Waals surface area contributed by atoms with Crippen LogP contribution in [0.5, 0.6) is 5.75 Å². The Labute approximate surface area is 164 Å². The number of halogens is 2. The molecule has 0 radical (unpaired) electrons. The number of rotatable bonds is 6. The maximum atomic E-state index is 5.98. The number of hydrogen-bond donors (Lipinski definition) is 2. The summed E-state index contributed by atoms with van der Waals surface area (Å²) < 4.78 is 7.18. The molecule has 132 valence electrons. The van der Waals surface area contributed by atoms with Gasteiger partial charge in [0.15, 0.2) is 5.96 Å². The van der Waals surface area contributed by atoms with Crippen LogP contribution in [-0.4, -0.2) is 29.4 Å². The van der Waals surface area contributed by atoms with Crippen molar-refractivity contribution in [3.8, 4) is 5.75 Å². The number of benzene rings is 1. The lowest BCUT2D eigenvalue weighted by molar-refractivity contribution is 0.410. The lowest BCUT2D eigenvalue weighted by atomic mass is 10.2. The van der Waals surface area contributed by atoms with Crippen LogP contribution < -0.4 is 15.4 Å². The van der Waals surface area contributed by atoms with Crippen LogP contribution >= 0.6 is 35.6 Å². The van der Waals surface area contributed by atoms with E-state index in [-0.39, 0.29) is 24.0 Å². The highest BCUT2D eigenvalue weighted by Crippen LogP contribution is 2.23. The number of ether oxygens (including phenoxy) is 1. The molecule has 0 aliphatic heterocycles. The van der Waals surface area contributed by atoms with E-state index in [2.05, 4.69) is 20.7 Å². The van der Waals surface area contributed by atoms with Crippen molar-refractivity contribution in [3.63, 3.8) is 0 Å². The van der Waals surface area contributed by atoms with Gasteiger partial charge in [-0.1, -0.05) is 17.7 Å². The highest BCUT2D eigenvalue weighted by Gasteiger charge is 2.05. The van der Waals surface area contributed by atoms with Gasteiger partial charge >= 0.3 is 0 Å². The molecule has 0 bridgehead atoms. The summed E-state index contributed by atoms with van der Waals surface area (Å²) in [6, 6.07) is 7.53. The second-order valence-corrected chi connectivity index (χ2v) is 5.39. The van der Waals surface area contributed by atoms with E-state index in [0.717, 1.165) is 29.5 Å². The van der Waals surface area contributed by atoms with Crippen LogP contribution in [0.15, 0.2) is 35.5 Å². The van der Waals surface area contributed by atoms with Crippen molar-refractivity contribution in [2.45, 2.75) is 20.0 Å². The van der Waals surface area contributed by atoms with Gasteiger partial charge in [-0.05, 0) is 25.1 Å². The van der Waals surface area contributed by atoms with E-state index in [4.69, 9.17) is 16.3 Å². The minimum atomic E-state index is 0. The molecule has 1 heterocycles. The first-order valence-corrected chi connectivity index (χ1v) is 7.83. The van der Waals surface area contributed by atoms with E-state index in [0.29, 0.717) is 18.1 Å². The van der Waals surface area contributed by atoms with E-state index in [9.17, 15) is 0 Å². The molecule has 6 nitrogen and oxygen atoms in total. The zero-order valence-electron chi connectivity index (χ0n) is 14.0. The fourth-order valence-corrected chi connectivity index (χ4v) is 2.27. The predicted octanol–water partition coefficient (Wildman–Crippen LogP) is 2.96. The molecule has 2 rings (SSSR count). The first-order valence-electron chi connectivity index (χ1n) is 7.45. The van der Waals surface area contributed by atoms with Crippen molar-refractivity contribution in [1.82, 2.24) is 20.4 Å². The molecule has 0 aliphatic rings. The molecule has 1 aromatic heterocycles. The number of guanidine groups is 1. The van der Waals surface area contributed by atoms with Gasteiger partial charge in [-0.25, -0.2) is 4.99 Å². The smallest absolute Gasteiger partial charge is 0.191 e. The van der Waals surface area contributed by atoms with Gasteiger partial charge in [0.25, 0.3) is 0 Å². The minimum Gasteiger partial charge on any atom is -0.496 e. The number of aromatic nitrogens is 2. The Balaban J connectivity index is 0.00000288. The second kappa shape index (κ2) is 10.4. The first-order chi connectivity index (χ1) is 11.1. The third-order valence-electron chi connectivity index (χ3n) is 3.36. The van der Waals surface area contributed by atoms with E-state index in [1.165, 1.54) is 0 Å². The van der Waals surface area contributed by atoms with Crippen molar-refractivity contribution in [1.29, 1.82) is 0 Å². The van der Waals surface area contributed by atoms with E-state index < -0.39 is 0 Å². The van der Waals surface area contributed by atoms with E-state index >= 15 is 0 Å². The second-order valence-electron chi connectivity index (χ2n) is 4.95. The van der Waals surface area contributed by atoms with Crippen molar-refractivity contribution < 1.29 is 4.74 Å². The van der Waals surface area contributed by atoms with Crippen molar-refractivity contribution in [2.75, 3.05) is 13.7 Å². The molecule has 0 saturated carbocycles. The lowest BCUT2D eigenvalue weighted by Gasteiger charge is -2.12. The highest BCUT2D eigenvalue weighted by molar-refractivity contribution is 14.0. The Bertz CT molecular complexity index is 674. The van der Waals surface area contributed by atoms with Gasteiger partial charge in [-0.3, -0.25) is 4.68 Å². The lowest BCUT2D eigenvalue weighted by Crippen LogP contribution is -2.37. The van der Waals surface area contributed by atoms with Gasteiger partial charge in [-0.2, -0.15) is 5.10 Å². The summed E-state index contributed by atoms with van der Waals surface area (Å²) in [5, 5.41) is 11.3. The largest absolute Gasteiger partial charge is 0.496 e. The molecule has 2 N–H and O–H groups in total. The number of nitrogens with zero attached hydrogens (tertiary/aromatic N) is 3. The summed E-state index contributed by atoms with van der Waals surface area (Å²) in [6.07, 6.45) is 1.78. The van der Waals surface area contributed by atoms with Crippen molar-refractivity contribution in [2.24, 2.45) is 12.0 Å². The summed E-state index contributed by atoms with van der Waals surface area (Å²) in [4.78, 5) is 4.59. The third-order valence-corrected chi connectivity index (χ3v) is 3.60. The molecule has 0 amide bonds. The number of hydrogen-bond acceptors (Lipinski definition) is 3. The number of aryl methyl sites for hydroxylation is 1. The predicted molar refractivity (Wildman–Crippen MR) is 108 cm³/mol. The van der Waals surface area contributed by atoms with Gasteiger partial charge in [-0.15, -0.1) is 24.0 Å². The zero-order chi connectivity index (χ0) is 16.7. The summed E-state index contributed by atoms with van der Waals surface area (Å²) in [6.45, 7) is 3.97. The van der Waals surface area contributed by atoms with E-state index in [1.807, 2.05) is 36.9 Å². The van der Waals surface area contributed by atoms with Crippen LogP contribution in [0.25, 0.3) is 0 Å². The van der Waals surface area contributed by atoms with E-state index in [1.54, 1.807) is 19.4 Å². The normalized spacial score (nSPS) is 10.9. The Morgan fingerprint density at radius 3 is 2.75 bits per heavy atom. The Hall–Kier alpha value is -1.48. The molecule has 0 atom stereocenters. The van der Waals surface area contributed by atoms with Gasteiger partial charge in [0.2, 0.25) is 0 Å². The molecule has 8 heteroatoms. The maximum Gasteiger partial charge on any atom is 0.191 e. The molecule has 0 spiro atoms. The van der Waals surface area contributed by atoms with Gasteiger partial charge < -0.3 is 15.4 Å². The zero-order valence-corrected chi connectivity index (χ0v) is 17.1. The Morgan fingerprint density at radius 1 is 1.33 bits per heavy atom. The van der Waals surface area contributed by atoms with Gasteiger partial charge in [0, 0.05) is 30.4 Å². The average molecular weight is 464 g/mol. The highest BCUT2D eigenvalue weighted by atomic mass is 127. The number of methoxy groups -OCH3 is 1. The average Bonchev–Trinajstić information content (AvgIpc) is 2.96. The molecule has 0 fully saturated rings. The molecule has 0 saturated heterocycles. The molecule has 24 heavy (non-hydrogen) atoms. The maximum absolute atomic E-state index is 5.98. The van der Waals surface area contributed by atoms with Gasteiger partial charge in [0.05, 0.1) is 25.9 Å². The fraction of sp³-hybridized carbons (Fsp3) is 0.375. The standard InChI is InChI=1S/C16H22ClN5O.HI/c1-4-18-16(20-11-14-7-8-21-22(14)2)19-10-12-5-6-13(17)9-15(12)23-3;/h5-9H,4,10-11H2,1-3H3,(H2,18,19,20);1H.